The van der Waals surface area contributed by atoms with Gasteiger partial charge in [0.1, 0.15) is 5.82 Å². The third-order valence-corrected chi connectivity index (χ3v) is 5.87. The Hall–Kier alpha value is -3.75. The first kappa shape index (κ1) is 23.4. The van der Waals surface area contributed by atoms with Gasteiger partial charge in [0.25, 0.3) is 5.91 Å². The Labute approximate surface area is 197 Å². The zero-order valence-electron chi connectivity index (χ0n) is 18.9. The van der Waals surface area contributed by atoms with Crippen molar-refractivity contribution in [1.29, 1.82) is 0 Å². The van der Waals surface area contributed by atoms with Crippen molar-refractivity contribution in [2.45, 2.75) is 13.0 Å². The summed E-state index contributed by atoms with van der Waals surface area (Å²) in [6, 6.07) is 17.8. The van der Waals surface area contributed by atoms with Crippen LogP contribution in [0.25, 0.3) is 11.1 Å². The molecule has 4 rings (SSSR count). The molecule has 1 unspecified atom stereocenters. The van der Waals surface area contributed by atoms with Gasteiger partial charge in [-0.25, -0.2) is 4.39 Å². The molecule has 34 heavy (non-hydrogen) atoms. The third kappa shape index (κ3) is 5.59. The van der Waals surface area contributed by atoms with Gasteiger partial charge in [-0.3, -0.25) is 14.5 Å². The summed E-state index contributed by atoms with van der Waals surface area (Å²) < 4.78 is 18.6. The number of morpholine rings is 1. The van der Waals surface area contributed by atoms with Crippen LogP contribution in [0.5, 0.6) is 0 Å². The van der Waals surface area contributed by atoms with Crippen LogP contribution in [0.2, 0.25) is 0 Å². The average Bonchev–Trinajstić information content (AvgIpc) is 2.86. The molecule has 7 nitrogen and oxygen atoms in total. The van der Waals surface area contributed by atoms with Crippen LogP contribution in [0.15, 0.2) is 66.7 Å². The quantitative estimate of drug-likeness (QED) is 0.482. The van der Waals surface area contributed by atoms with E-state index in [2.05, 4.69) is 15.5 Å². The number of nitrogens with zero attached hydrogens (tertiary/aromatic N) is 1. The minimum absolute atomic E-state index is 0.107. The van der Waals surface area contributed by atoms with E-state index in [4.69, 9.17) is 10.5 Å². The molecular weight excluding hydrogens is 435 g/mol. The summed E-state index contributed by atoms with van der Waals surface area (Å²) in [4.78, 5) is 27.4. The SMILES string of the molecule is CC(C(=O)Nc1ccc(C(=O)Nc2cc(-c3ccc(F)cc3)ccc2N)cc1)N1CCOCC1. The number of rotatable bonds is 6. The average molecular weight is 463 g/mol. The molecule has 1 atom stereocenters. The second-order valence-corrected chi connectivity index (χ2v) is 8.15. The monoisotopic (exact) mass is 462 g/mol. The number of ether oxygens (including phenoxy) is 1. The van der Waals surface area contributed by atoms with Gasteiger partial charge in [0.2, 0.25) is 5.91 Å². The molecule has 1 fully saturated rings. The zero-order chi connectivity index (χ0) is 24.1. The van der Waals surface area contributed by atoms with E-state index >= 15 is 0 Å². The Morgan fingerprint density at radius 2 is 1.59 bits per heavy atom. The lowest BCUT2D eigenvalue weighted by Gasteiger charge is -2.31. The normalized spacial score (nSPS) is 14.9. The number of nitrogens with two attached hydrogens (primary N) is 1. The number of hydrogen-bond donors (Lipinski definition) is 3. The summed E-state index contributed by atoms with van der Waals surface area (Å²) in [6.45, 7) is 4.56. The maximum Gasteiger partial charge on any atom is 0.255 e. The summed E-state index contributed by atoms with van der Waals surface area (Å²) >= 11 is 0. The van der Waals surface area contributed by atoms with Gasteiger partial charge >= 0.3 is 0 Å². The van der Waals surface area contributed by atoms with Crippen LogP contribution in [-0.2, 0) is 9.53 Å². The molecule has 0 aliphatic carbocycles. The first-order valence-corrected chi connectivity index (χ1v) is 11.1. The molecule has 0 radical (unpaired) electrons. The summed E-state index contributed by atoms with van der Waals surface area (Å²) in [6.07, 6.45) is 0. The largest absolute Gasteiger partial charge is 0.397 e. The molecule has 3 aromatic rings. The van der Waals surface area contributed by atoms with Gasteiger partial charge in [-0.05, 0) is 66.6 Å². The van der Waals surface area contributed by atoms with E-state index in [-0.39, 0.29) is 23.7 Å². The molecule has 0 saturated carbocycles. The number of nitrogens with one attached hydrogen (secondary N) is 2. The fraction of sp³-hybridized carbons (Fsp3) is 0.231. The molecule has 0 aromatic heterocycles. The second kappa shape index (κ2) is 10.5. The Morgan fingerprint density at radius 1 is 0.941 bits per heavy atom. The van der Waals surface area contributed by atoms with Gasteiger partial charge in [0.15, 0.2) is 0 Å². The highest BCUT2D eigenvalue weighted by atomic mass is 19.1. The molecule has 0 spiro atoms. The number of carbonyl (C=O) groups excluding carboxylic acids is 2. The van der Waals surface area contributed by atoms with E-state index < -0.39 is 0 Å². The first-order valence-electron chi connectivity index (χ1n) is 11.1. The summed E-state index contributed by atoms with van der Waals surface area (Å²) in [5, 5.41) is 5.72. The second-order valence-electron chi connectivity index (χ2n) is 8.15. The van der Waals surface area contributed by atoms with Crippen molar-refractivity contribution in [3.63, 3.8) is 0 Å². The number of nitrogen functional groups attached to an aromatic ring is 1. The molecule has 176 valence electrons. The molecule has 3 aromatic carbocycles. The predicted octanol–water partition coefficient (Wildman–Crippen LogP) is 3.99. The van der Waals surface area contributed by atoms with E-state index in [9.17, 15) is 14.0 Å². The lowest BCUT2D eigenvalue weighted by atomic mass is 10.0. The van der Waals surface area contributed by atoms with Gasteiger partial charge in [0, 0.05) is 24.3 Å². The van der Waals surface area contributed by atoms with E-state index in [1.165, 1.54) is 12.1 Å². The molecule has 8 heteroatoms. The van der Waals surface area contributed by atoms with Gasteiger partial charge in [-0.1, -0.05) is 18.2 Å². The highest BCUT2D eigenvalue weighted by Crippen LogP contribution is 2.28. The highest BCUT2D eigenvalue weighted by molar-refractivity contribution is 6.06. The smallest absolute Gasteiger partial charge is 0.255 e. The van der Waals surface area contributed by atoms with Crippen molar-refractivity contribution in [3.8, 4) is 11.1 Å². The van der Waals surface area contributed by atoms with Crippen LogP contribution in [0.3, 0.4) is 0 Å². The topological polar surface area (TPSA) is 96.7 Å². The van der Waals surface area contributed by atoms with Crippen LogP contribution in [0.1, 0.15) is 17.3 Å². The Balaban J connectivity index is 1.40. The van der Waals surface area contributed by atoms with E-state index in [1.54, 1.807) is 48.5 Å². The van der Waals surface area contributed by atoms with E-state index in [0.29, 0.717) is 35.8 Å². The summed E-state index contributed by atoms with van der Waals surface area (Å²) in [5.41, 5.74) is 9.58. The fourth-order valence-corrected chi connectivity index (χ4v) is 3.76. The standard InChI is InChI=1S/C26H27FN4O3/c1-17(31-12-14-34-15-13-31)25(32)29-22-9-4-19(5-10-22)26(33)30-24-16-20(6-11-23(24)28)18-2-7-21(27)8-3-18/h2-11,16-17H,12-15,28H2,1H3,(H,29,32)(H,30,33). The lowest BCUT2D eigenvalue weighted by molar-refractivity contribution is -0.122. The Morgan fingerprint density at radius 3 is 2.26 bits per heavy atom. The maximum atomic E-state index is 13.2. The molecule has 1 aliphatic rings. The molecule has 1 saturated heterocycles. The molecule has 0 bridgehead atoms. The van der Waals surface area contributed by atoms with E-state index in [1.807, 2.05) is 13.0 Å². The molecule has 1 aliphatic heterocycles. The Bertz CT molecular complexity index is 1160. The summed E-state index contributed by atoms with van der Waals surface area (Å²) in [7, 11) is 0. The molecule has 2 amide bonds. The summed E-state index contributed by atoms with van der Waals surface area (Å²) in [5.74, 6) is -0.755. The van der Waals surface area contributed by atoms with Crippen molar-refractivity contribution < 1.29 is 18.7 Å². The van der Waals surface area contributed by atoms with Crippen LogP contribution >= 0.6 is 0 Å². The Kier molecular flexibility index (Phi) is 7.20. The maximum absolute atomic E-state index is 13.2. The van der Waals surface area contributed by atoms with Crippen LogP contribution in [0, 0.1) is 5.82 Å². The van der Waals surface area contributed by atoms with Crippen LogP contribution in [-0.4, -0.2) is 49.1 Å². The molecule has 4 N–H and O–H groups in total. The zero-order valence-corrected chi connectivity index (χ0v) is 18.9. The number of hydrogen-bond acceptors (Lipinski definition) is 5. The predicted molar refractivity (Wildman–Crippen MR) is 131 cm³/mol. The van der Waals surface area contributed by atoms with Crippen molar-refractivity contribution in [1.82, 2.24) is 4.90 Å². The van der Waals surface area contributed by atoms with E-state index in [0.717, 1.165) is 24.2 Å². The molecular formula is C26H27FN4O3. The van der Waals surface area contributed by atoms with Crippen molar-refractivity contribution in [3.05, 3.63) is 78.1 Å². The van der Waals surface area contributed by atoms with Gasteiger partial charge in [0.05, 0.1) is 30.6 Å². The first-order chi connectivity index (χ1) is 16.4. The van der Waals surface area contributed by atoms with Crippen molar-refractivity contribution >= 4 is 28.9 Å². The van der Waals surface area contributed by atoms with Gasteiger partial charge in [-0.15, -0.1) is 0 Å². The van der Waals surface area contributed by atoms with Crippen LogP contribution in [0.4, 0.5) is 21.5 Å². The number of anilines is 3. The van der Waals surface area contributed by atoms with Crippen molar-refractivity contribution in [2.24, 2.45) is 0 Å². The highest BCUT2D eigenvalue weighted by Gasteiger charge is 2.23. The number of benzene rings is 3. The molecule has 1 heterocycles. The lowest BCUT2D eigenvalue weighted by Crippen LogP contribution is -2.47. The fourth-order valence-electron chi connectivity index (χ4n) is 3.76. The van der Waals surface area contributed by atoms with Gasteiger partial charge < -0.3 is 21.1 Å². The van der Waals surface area contributed by atoms with Crippen LogP contribution < -0.4 is 16.4 Å². The third-order valence-electron chi connectivity index (χ3n) is 5.87. The minimum atomic E-state index is -0.331. The van der Waals surface area contributed by atoms with Gasteiger partial charge in [-0.2, -0.15) is 0 Å². The minimum Gasteiger partial charge on any atom is -0.397 e. The number of carbonyl (C=O) groups is 2. The number of halogens is 1. The van der Waals surface area contributed by atoms with Crippen molar-refractivity contribution in [2.75, 3.05) is 42.7 Å². The number of amides is 2.